The maximum absolute atomic E-state index is 10.9. The van der Waals surface area contributed by atoms with Gasteiger partial charge in [0.1, 0.15) is 11.8 Å². The molecule has 0 radical (unpaired) electrons. The van der Waals surface area contributed by atoms with Crippen LogP contribution in [0.3, 0.4) is 0 Å². The molecule has 2 aromatic rings. The van der Waals surface area contributed by atoms with Crippen molar-refractivity contribution in [3.05, 3.63) is 57.8 Å². The minimum Gasteiger partial charge on any atom is -0.432 e. The van der Waals surface area contributed by atoms with E-state index in [1.54, 1.807) is 25.1 Å². The summed E-state index contributed by atoms with van der Waals surface area (Å²) in [5.41, 5.74) is 0.875. The Morgan fingerprint density at radius 1 is 1.37 bits per heavy atom. The maximum atomic E-state index is 10.9. The number of hydrogen-bond donors (Lipinski definition) is 0. The number of rotatable bonds is 3. The third-order valence-electron chi connectivity index (χ3n) is 2.36. The van der Waals surface area contributed by atoms with Crippen LogP contribution in [-0.2, 0) is 0 Å². The van der Waals surface area contributed by atoms with Gasteiger partial charge in [0.25, 0.3) is 0 Å². The van der Waals surface area contributed by atoms with Crippen LogP contribution in [0.2, 0.25) is 0 Å². The zero-order valence-corrected chi connectivity index (χ0v) is 10.0. The Balaban J connectivity index is 2.40. The number of aromatic nitrogens is 1. The fraction of sp³-hybridized carbons (Fsp3) is 0.0769. The first-order valence-electron chi connectivity index (χ1n) is 5.40. The molecule has 0 aliphatic rings. The lowest BCUT2D eigenvalue weighted by molar-refractivity contribution is -0.385. The molecule has 0 spiro atoms. The Bertz CT molecular complexity index is 677. The minimum atomic E-state index is -0.525. The van der Waals surface area contributed by atoms with Crippen LogP contribution >= 0.6 is 0 Å². The van der Waals surface area contributed by atoms with E-state index in [0.29, 0.717) is 0 Å². The van der Waals surface area contributed by atoms with E-state index in [1.807, 2.05) is 6.07 Å². The molecule has 0 amide bonds. The highest BCUT2D eigenvalue weighted by Gasteiger charge is 2.16. The highest BCUT2D eigenvalue weighted by molar-refractivity contribution is 5.49. The van der Waals surface area contributed by atoms with E-state index in [1.165, 1.54) is 18.2 Å². The summed E-state index contributed by atoms with van der Waals surface area (Å²) >= 11 is 0. The quantitative estimate of drug-likeness (QED) is 0.621. The van der Waals surface area contributed by atoms with Gasteiger partial charge in [0, 0.05) is 12.1 Å². The number of hydrogen-bond acceptors (Lipinski definition) is 5. The van der Waals surface area contributed by atoms with Crippen molar-refractivity contribution in [2.75, 3.05) is 0 Å². The van der Waals surface area contributed by atoms with Gasteiger partial charge in [0.05, 0.1) is 4.92 Å². The Morgan fingerprint density at radius 2 is 2.16 bits per heavy atom. The van der Waals surface area contributed by atoms with Crippen molar-refractivity contribution in [3.63, 3.8) is 0 Å². The van der Waals surface area contributed by atoms with E-state index in [0.717, 1.165) is 5.56 Å². The van der Waals surface area contributed by atoms with E-state index in [-0.39, 0.29) is 23.0 Å². The summed E-state index contributed by atoms with van der Waals surface area (Å²) in [6, 6.07) is 11.1. The van der Waals surface area contributed by atoms with Gasteiger partial charge in [-0.2, -0.15) is 5.26 Å². The first-order chi connectivity index (χ1) is 9.10. The van der Waals surface area contributed by atoms with Gasteiger partial charge in [0.2, 0.25) is 11.6 Å². The SMILES string of the molecule is Cc1ccc([N+](=O)[O-])c(Oc2cccc(C#N)n2)c1. The lowest BCUT2D eigenvalue weighted by atomic mass is 10.2. The molecule has 0 N–H and O–H groups in total. The zero-order valence-electron chi connectivity index (χ0n) is 10.0. The number of ether oxygens (including phenoxy) is 1. The number of nitro groups is 1. The molecule has 1 heterocycles. The molecule has 94 valence electrons. The second-order valence-corrected chi connectivity index (χ2v) is 3.80. The molecule has 0 atom stereocenters. The predicted octanol–water partition coefficient (Wildman–Crippen LogP) is 2.96. The van der Waals surface area contributed by atoms with Crippen molar-refractivity contribution >= 4 is 5.69 Å². The summed E-state index contributed by atoms with van der Waals surface area (Å²) in [5.74, 6) is 0.250. The molecule has 0 aliphatic carbocycles. The lowest BCUT2D eigenvalue weighted by Crippen LogP contribution is -1.95. The predicted molar refractivity (Wildman–Crippen MR) is 66.9 cm³/mol. The van der Waals surface area contributed by atoms with E-state index in [9.17, 15) is 10.1 Å². The maximum Gasteiger partial charge on any atom is 0.311 e. The second-order valence-electron chi connectivity index (χ2n) is 3.80. The van der Waals surface area contributed by atoms with Gasteiger partial charge in [0.15, 0.2) is 0 Å². The summed E-state index contributed by atoms with van der Waals surface area (Å²) in [5, 5.41) is 19.6. The van der Waals surface area contributed by atoms with Crippen molar-refractivity contribution in [1.82, 2.24) is 4.98 Å². The lowest BCUT2D eigenvalue weighted by Gasteiger charge is -2.06. The summed E-state index contributed by atoms with van der Waals surface area (Å²) in [4.78, 5) is 14.3. The number of nitrogens with zero attached hydrogens (tertiary/aromatic N) is 3. The summed E-state index contributed by atoms with van der Waals surface area (Å²) < 4.78 is 5.39. The second kappa shape index (κ2) is 5.14. The van der Waals surface area contributed by atoms with Crippen molar-refractivity contribution < 1.29 is 9.66 Å². The summed E-state index contributed by atoms with van der Waals surface area (Å²) in [7, 11) is 0. The van der Waals surface area contributed by atoms with Crippen LogP contribution < -0.4 is 4.74 Å². The standard InChI is InChI=1S/C13H9N3O3/c1-9-5-6-11(16(17)18)12(7-9)19-13-4-2-3-10(8-14)15-13/h2-7H,1H3. The van der Waals surface area contributed by atoms with Crippen molar-refractivity contribution in [2.45, 2.75) is 6.92 Å². The van der Waals surface area contributed by atoms with Crippen LogP contribution in [0.25, 0.3) is 0 Å². The smallest absolute Gasteiger partial charge is 0.311 e. The highest BCUT2D eigenvalue weighted by atomic mass is 16.6. The van der Waals surface area contributed by atoms with Crippen LogP contribution in [0, 0.1) is 28.4 Å². The Kier molecular flexibility index (Phi) is 3.39. The average molecular weight is 255 g/mol. The summed E-state index contributed by atoms with van der Waals surface area (Å²) in [6.45, 7) is 1.80. The highest BCUT2D eigenvalue weighted by Crippen LogP contribution is 2.31. The van der Waals surface area contributed by atoms with Crippen LogP contribution in [0.5, 0.6) is 11.6 Å². The molecule has 2 rings (SSSR count). The van der Waals surface area contributed by atoms with Gasteiger partial charge in [-0.25, -0.2) is 4.98 Å². The number of aryl methyl sites for hydroxylation is 1. The number of pyridine rings is 1. The largest absolute Gasteiger partial charge is 0.432 e. The number of nitro benzene ring substituents is 1. The minimum absolute atomic E-state index is 0.104. The molecule has 0 saturated heterocycles. The van der Waals surface area contributed by atoms with E-state index in [4.69, 9.17) is 10.00 Å². The van der Waals surface area contributed by atoms with Gasteiger partial charge in [-0.15, -0.1) is 0 Å². The molecule has 0 bridgehead atoms. The molecular weight excluding hydrogens is 246 g/mol. The van der Waals surface area contributed by atoms with E-state index >= 15 is 0 Å². The summed E-state index contributed by atoms with van der Waals surface area (Å²) in [6.07, 6.45) is 0. The van der Waals surface area contributed by atoms with Crippen LogP contribution in [0.4, 0.5) is 5.69 Å². The monoisotopic (exact) mass is 255 g/mol. The first-order valence-corrected chi connectivity index (χ1v) is 5.40. The topological polar surface area (TPSA) is 89.0 Å². The molecule has 0 unspecified atom stereocenters. The zero-order chi connectivity index (χ0) is 13.8. The Morgan fingerprint density at radius 3 is 2.84 bits per heavy atom. The van der Waals surface area contributed by atoms with Crippen molar-refractivity contribution in [3.8, 4) is 17.7 Å². The fourth-order valence-corrected chi connectivity index (χ4v) is 1.50. The van der Waals surface area contributed by atoms with Crippen LogP contribution in [-0.4, -0.2) is 9.91 Å². The number of nitriles is 1. The molecule has 6 heteroatoms. The fourth-order valence-electron chi connectivity index (χ4n) is 1.50. The molecule has 1 aromatic carbocycles. The third-order valence-corrected chi connectivity index (χ3v) is 2.36. The van der Waals surface area contributed by atoms with Crippen molar-refractivity contribution in [1.29, 1.82) is 5.26 Å². The van der Waals surface area contributed by atoms with E-state index < -0.39 is 4.92 Å². The molecule has 0 fully saturated rings. The van der Waals surface area contributed by atoms with E-state index in [2.05, 4.69) is 4.98 Å². The molecule has 0 aliphatic heterocycles. The van der Waals surface area contributed by atoms with Gasteiger partial charge >= 0.3 is 5.69 Å². The first kappa shape index (κ1) is 12.5. The molecule has 1 aromatic heterocycles. The van der Waals surface area contributed by atoms with Crippen molar-refractivity contribution in [2.24, 2.45) is 0 Å². The number of benzene rings is 1. The third kappa shape index (κ3) is 2.84. The molecule has 19 heavy (non-hydrogen) atoms. The van der Waals surface area contributed by atoms with Crippen LogP contribution in [0.15, 0.2) is 36.4 Å². The normalized spacial score (nSPS) is 9.68. The van der Waals surface area contributed by atoms with Crippen LogP contribution in [0.1, 0.15) is 11.3 Å². The molecular formula is C13H9N3O3. The Hall–Kier alpha value is -2.94. The van der Waals surface area contributed by atoms with Gasteiger partial charge in [-0.1, -0.05) is 12.1 Å². The van der Waals surface area contributed by atoms with Gasteiger partial charge in [-0.05, 0) is 24.6 Å². The molecule has 6 nitrogen and oxygen atoms in total. The Labute approximate surface area is 109 Å². The van der Waals surface area contributed by atoms with Gasteiger partial charge < -0.3 is 4.74 Å². The molecule has 0 saturated carbocycles. The van der Waals surface area contributed by atoms with Gasteiger partial charge in [-0.3, -0.25) is 10.1 Å². The average Bonchev–Trinajstić information content (AvgIpc) is 2.38.